The van der Waals surface area contributed by atoms with Crippen molar-refractivity contribution in [2.75, 3.05) is 27.4 Å². The summed E-state index contributed by atoms with van der Waals surface area (Å²) in [7, 11) is 3.12. The van der Waals surface area contributed by atoms with Gasteiger partial charge in [-0.15, -0.1) is 0 Å². The molecule has 0 radical (unpaired) electrons. The van der Waals surface area contributed by atoms with Crippen LogP contribution in [0.2, 0.25) is 0 Å². The number of halogens is 2. The molecule has 0 aliphatic carbocycles. The van der Waals surface area contributed by atoms with Crippen LogP contribution in [0.1, 0.15) is 30.9 Å². The maximum Gasteiger partial charge on any atom is 0.344 e. The molecule has 2 aromatic rings. The van der Waals surface area contributed by atoms with Gasteiger partial charge in [0.25, 0.3) is 0 Å². The Morgan fingerprint density at radius 1 is 1.00 bits per heavy atom. The zero-order chi connectivity index (χ0) is 24.6. The minimum atomic E-state index is -1.86. The summed E-state index contributed by atoms with van der Waals surface area (Å²) in [6.07, 6.45) is 0.811. The van der Waals surface area contributed by atoms with E-state index < -0.39 is 26.9 Å². The highest BCUT2D eigenvalue weighted by molar-refractivity contribution is 8.00. The summed E-state index contributed by atoms with van der Waals surface area (Å²) < 4.78 is 26.7. The van der Waals surface area contributed by atoms with Crippen molar-refractivity contribution in [1.82, 2.24) is 0 Å². The van der Waals surface area contributed by atoms with Gasteiger partial charge in [-0.3, -0.25) is 0 Å². The standard InChI is InChI=1S/C25H28Cl2O6S/c1-16-5-8-18(9-6-16)34-22-24(25(26,27)21(28)33-22,12-11-23(2)31-13-14-32-23)17-7-10-19(29-3)20(15-17)30-4/h5-10,15,22H,11-14H2,1-4H3/t22-,24-/m1/s1. The van der Waals surface area contributed by atoms with Crippen molar-refractivity contribution in [3.05, 3.63) is 53.6 Å². The normalized spacial score (nSPS) is 25.2. The number of benzene rings is 2. The van der Waals surface area contributed by atoms with Crippen molar-refractivity contribution < 1.29 is 28.5 Å². The number of carbonyl (C=O) groups excluding carboxylic acids is 1. The first-order chi connectivity index (χ1) is 16.1. The van der Waals surface area contributed by atoms with Crippen LogP contribution in [0.5, 0.6) is 11.5 Å². The molecule has 0 N–H and O–H groups in total. The third kappa shape index (κ3) is 4.49. The number of aryl methyl sites for hydroxylation is 1. The van der Waals surface area contributed by atoms with Crippen LogP contribution < -0.4 is 9.47 Å². The molecule has 2 aliphatic heterocycles. The second kappa shape index (κ2) is 9.78. The summed E-state index contributed by atoms with van der Waals surface area (Å²) >= 11 is 15.2. The molecule has 2 heterocycles. The predicted octanol–water partition coefficient (Wildman–Crippen LogP) is 5.64. The minimum Gasteiger partial charge on any atom is -0.493 e. The van der Waals surface area contributed by atoms with Gasteiger partial charge in [0, 0.05) is 11.3 Å². The Bertz CT molecular complexity index is 1040. The summed E-state index contributed by atoms with van der Waals surface area (Å²) in [5, 5.41) is 0. The molecule has 9 heteroatoms. The number of ether oxygens (including phenoxy) is 5. The number of hydrogen-bond acceptors (Lipinski definition) is 7. The zero-order valence-corrected chi connectivity index (χ0v) is 21.9. The molecular formula is C25H28Cl2O6S. The van der Waals surface area contributed by atoms with Crippen LogP contribution in [0.4, 0.5) is 0 Å². The average Bonchev–Trinajstić information content (AvgIpc) is 3.33. The fourth-order valence-electron chi connectivity index (χ4n) is 4.44. The number of methoxy groups -OCH3 is 2. The maximum atomic E-state index is 13.1. The zero-order valence-electron chi connectivity index (χ0n) is 19.6. The van der Waals surface area contributed by atoms with Gasteiger partial charge in [-0.05, 0) is 50.1 Å². The van der Waals surface area contributed by atoms with E-state index in [0.717, 1.165) is 10.5 Å². The summed E-state index contributed by atoms with van der Waals surface area (Å²) in [6.45, 7) is 4.91. The van der Waals surface area contributed by atoms with E-state index in [0.29, 0.717) is 43.1 Å². The average molecular weight is 527 g/mol. The Kier molecular flexibility index (Phi) is 7.32. The second-order valence-corrected chi connectivity index (χ2v) is 11.1. The Hall–Kier alpha value is -1.64. The highest BCUT2D eigenvalue weighted by Gasteiger charge is 2.68. The van der Waals surface area contributed by atoms with E-state index in [4.69, 9.17) is 46.9 Å². The lowest BCUT2D eigenvalue weighted by Gasteiger charge is -2.40. The number of alkyl halides is 2. The molecule has 0 amide bonds. The van der Waals surface area contributed by atoms with Crippen LogP contribution in [0, 0.1) is 6.92 Å². The van der Waals surface area contributed by atoms with Gasteiger partial charge in [-0.1, -0.05) is 58.7 Å². The quantitative estimate of drug-likeness (QED) is 0.325. The molecule has 0 unspecified atom stereocenters. The van der Waals surface area contributed by atoms with E-state index in [1.807, 2.05) is 50.2 Å². The number of thioether (sulfide) groups is 1. The molecule has 184 valence electrons. The van der Waals surface area contributed by atoms with Crippen molar-refractivity contribution in [3.8, 4) is 11.5 Å². The Balaban J connectivity index is 1.83. The van der Waals surface area contributed by atoms with E-state index in [1.165, 1.54) is 11.8 Å². The predicted molar refractivity (Wildman–Crippen MR) is 132 cm³/mol. The van der Waals surface area contributed by atoms with Crippen molar-refractivity contribution >= 4 is 40.9 Å². The number of hydrogen-bond donors (Lipinski definition) is 0. The first-order valence-corrected chi connectivity index (χ1v) is 12.6. The lowest BCUT2D eigenvalue weighted by molar-refractivity contribution is -0.150. The Morgan fingerprint density at radius 3 is 2.26 bits per heavy atom. The van der Waals surface area contributed by atoms with Gasteiger partial charge in [-0.2, -0.15) is 0 Å². The molecule has 2 fully saturated rings. The van der Waals surface area contributed by atoms with E-state index >= 15 is 0 Å². The molecule has 0 bridgehead atoms. The lowest BCUT2D eigenvalue weighted by atomic mass is 9.74. The lowest BCUT2D eigenvalue weighted by Crippen LogP contribution is -2.49. The highest BCUT2D eigenvalue weighted by Crippen LogP contribution is 2.60. The van der Waals surface area contributed by atoms with E-state index in [-0.39, 0.29) is 0 Å². The summed E-state index contributed by atoms with van der Waals surface area (Å²) in [6, 6.07) is 13.4. The van der Waals surface area contributed by atoms with Gasteiger partial charge >= 0.3 is 5.97 Å². The fourth-order valence-corrected chi connectivity index (χ4v) is 6.57. The molecular weight excluding hydrogens is 499 g/mol. The molecule has 34 heavy (non-hydrogen) atoms. The van der Waals surface area contributed by atoms with Crippen molar-refractivity contribution in [3.63, 3.8) is 0 Å². The molecule has 0 spiro atoms. The molecule has 4 rings (SSSR count). The molecule has 2 aliphatic rings. The van der Waals surface area contributed by atoms with Gasteiger partial charge in [0.15, 0.2) is 22.7 Å². The van der Waals surface area contributed by atoms with Crippen LogP contribution in [0.3, 0.4) is 0 Å². The number of carbonyl (C=O) groups is 1. The minimum absolute atomic E-state index is 0.362. The van der Waals surface area contributed by atoms with Crippen molar-refractivity contribution in [2.24, 2.45) is 0 Å². The third-order valence-electron chi connectivity index (χ3n) is 6.47. The molecule has 2 atom stereocenters. The molecule has 6 nitrogen and oxygen atoms in total. The molecule has 0 saturated carbocycles. The number of rotatable bonds is 8. The van der Waals surface area contributed by atoms with E-state index in [2.05, 4.69) is 0 Å². The van der Waals surface area contributed by atoms with Crippen LogP contribution >= 0.6 is 35.0 Å². The van der Waals surface area contributed by atoms with Gasteiger partial charge in [0.1, 0.15) is 0 Å². The molecule has 2 aromatic carbocycles. The summed E-state index contributed by atoms with van der Waals surface area (Å²) in [5.41, 5.74) is -0.0138. The summed E-state index contributed by atoms with van der Waals surface area (Å²) in [4.78, 5) is 14.0. The van der Waals surface area contributed by atoms with Gasteiger partial charge in [0.05, 0.1) is 32.8 Å². The third-order valence-corrected chi connectivity index (χ3v) is 8.71. The largest absolute Gasteiger partial charge is 0.493 e. The van der Waals surface area contributed by atoms with Crippen molar-refractivity contribution in [1.29, 1.82) is 0 Å². The molecule has 0 aromatic heterocycles. The van der Waals surface area contributed by atoms with Crippen LogP contribution in [-0.2, 0) is 24.4 Å². The van der Waals surface area contributed by atoms with Crippen molar-refractivity contribution in [2.45, 2.75) is 52.6 Å². The monoisotopic (exact) mass is 526 g/mol. The fraction of sp³-hybridized carbons (Fsp3) is 0.480. The number of cyclic esters (lactones) is 1. The van der Waals surface area contributed by atoms with Crippen LogP contribution in [-0.4, -0.2) is 49.0 Å². The van der Waals surface area contributed by atoms with E-state index in [1.54, 1.807) is 20.3 Å². The van der Waals surface area contributed by atoms with Gasteiger partial charge in [-0.25, -0.2) is 4.79 Å². The first-order valence-electron chi connectivity index (χ1n) is 11.0. The number of esters is 1. The highest BCUT2D eigenvalue weighted by atomic mass is 35.5. The SMILES string of the molecule is COc1ccc([C@]2(CCC3(C)OCCO3)[C@@H](Sc3ccc(C)cc3)OC(=O)C2(Cl)Cl)cc1OC. The smallest absolute Gasteiger partial charge is 0.344 e. The van der Waals surface area contributed by atoms with Crippen LogP contribution in [0.25, 0.3) is 0 Å². The first kappa shape index (κ1) is 25.5. The van der Waals surface area contributed by atoms with Gasteiger partial charge in [0.2, 0.25) is 4.33 Å². The maximum absolute atomic E-state index is 13.1. The van der Waals surface area contributed by atoms with Crippen LogP contribution in [0.15, 0.2) is 47.4 Å². The van der Waals surface area contributed by atoms with E-state index in [9.17, 15) is 4.79 Å². The topological polar surface area (TPSA) is 63.2 Å². The summed E-state index contributed by atoms with van der Waals surface area (Å²) in [5.74, 6) is -0.438. The Labute approximate surface area is 214 Å². The second-order valence-electron chi connectivity index (χ2n) is 8.61. The van der Waals surface area contributed by atoms with Gasteiger partial charge < -0.3 is 23.7 Å². The molecule has 2 saturated heterocycles. The Morgan fingerprint density at radius 2 is 1.65 bits per heavy atom.